The second-order valence-corrected chi connectivity index (χ2v) is 4.42. The zero-order valence-corrected chi connectivity index (χ0v) is 9.14. The van der Waals surface area contributed by atoms with Crippen molar-refractivity contribution in [2.45, 2.75) is 19.3 Å². The van der Waals surface area contributed by atoms with Crippen LogP contribution < -0.4 is 0 Å². The van der Waals surface area contributed by atoms with Crippen LogP contribution in [0.3, 0.4) is 0 Å². The van der Waals surface area contributed by atoms with E-state index < -0.39 is 5.97 Å². The minimum absolute atomic E-state index is 0.0330. The summed E-state index contributed by atoms with van der Waals surface area (Å²) in [6.45, 7) is 0. The minimum Gasteiger partial charge on any atom is -0.478 e. The van der Waals surface area contributed by atoms with Gasteiger partial charge < -0.3 is 5.11 Å². The number of aliphatic imine (C=N–C) groups is 1. The summed E-state index contributed by atoms with van der Waals surface area (Å²) < 4.78 is 0. The van der Waals surface area contributed by atoms with Crippen molar-refractivity contribution in [1.29, 1.82) is 0 Å². The first-order valence-electron chi connectivity index (χ1n) is 5.66. The Hall–Kier alpha value is -1.97. The normalized spacial score (nSPS) is 21.8. The molecule has 0 amide bonds. The van der Waals surface area contributed by atoms with Crippen molar-refractivity contribution in [3.8, 4) is 0 Å². The van der Waals surface area contributed by atoms with E-state index in [1.54, 1.807) is 12.1 Å². The van der Waals surface area contributed by atoms with Gasteiger partial charge in [0, 0.05) is 11.3 Å². The molecule has 86 valence electrons. The van der Waals surface area contributed by atoms with E-state index in [0.29, 0.717) is 11.3 Å². The summed E-state index contributed by atoms with van der Waals surface area (Å²) in [4.78, 5) is 27.7. The number of carboxylic acid groups (broad SMARTS) is 1. The Bertz CT molecular complexity index is 560. The monoisotopic (exact) mass is 229 g/mol. The fraction of sp³-hybridized carbons (Fsp3) is 0.308. The van der Waals surface area contributed by atoms with E-state index in [1.807, 2.05) is 0 Å². The van der Waals surface area contributed by atoms with Crippen molar-refractivity contribution < 1.29 is 14.7 Å². The molecule has 0 radical (unpaired) electrons. The molecule has 0 spiro atoms. The summed E-state index contributed by atoms with van der Waals surface area (Å²) in [6, 6.07) is 4.77. The Morgan fingerprint density at radius 2 is 2.24 bits per heavy atom. The number of rotatable bonds is 1. The molecule has 0 aromatic heterocycles. The molecule has 4 heteroatoms. The number of carbonyl (C=O) groups is 2. The fourth-order valence-electron chi connectivity index (χ4n) is 2.61. The number of ketones is 1. The average Bonchev–Trinajstić information content (AvgIpc) is 2.77. The first-order chi connectivity index (χ1) is 8.18. The number of Topliss-reactive ketones (excluding diaryl/α,β-unsaturated/α-hetero) is 1. The molecule has 1 aliphatic carbocycles. The van der Waals surface area contributed by atoms with Gasteiger partial charge in [0.2, 0.25) is 0 Å². The predicted molar refractivity (Wildman–Crippen MR) is 62.2 cm³/mol. The van der Waals surface area contributed by atoms with Gasteiger partial charge in [-0.1, -0.05) is 6.07 Å². The molecular weight excluding hydrogens is 218 g/mol. The molecule has 1 aliphatic heterocycles. The molecule has 1 atom stereocenters. The number of nitrogens with zero attached hydrogens (tertiary/aromatic N) is 1. The maximum Gasteiger partial charge on any atom is 0.337 e. The van der Waals surface area contributed by atoms with Crippen LogP contribution in [0.4, 0.5) is 5.69 Å². The van der Waals surface area contributed by atoms with Gasteiger partial charge in [-0.05, 0) is 31.4 Å². The van der Waals surface area contributed by atoms with Gasteiger partial charge in [-0.25, -0.2) is 4.79 Å². The summed E-state index contributed by atoms with van der Waals surface area (Å²) >= 11 is 0. The standard InChI is InChI=1S/C13H11NO3/c15-12-7-3-2-6-10(7)14-11-8(12)4-1-5-9(11)13(16)17/h1,4-5,7H,2-3,6H2,(H,16,17). The van der Waals surface area contributed by atoms with Crippen LogP contribution >= 0.6 is 0 Å². The molecule has 1 saturated carbocycles. The van der Waals surface area contributed by atoms with Crippen molar-refractivity contribution in [3.05, 3.63) is 29.3 Å². The van der Waals surface area contributed by atoms with E-state index in [-0.39, 0.29) is 17.3 Å². The largest absolute Gasteiger partial charge is 0.478 e. The van der Waals surface area contributed by atoms with Gasteiger partial charge in [0.25, 0.3) is 0 Å². The highest BCUT2D eigenvalue weighted by Crippen LogP contribution is 2.37. The number of benzene rings is 1. The van der Waals surface area contributed by atoms with Crippen molar-refractivity contribution in [2.75, 3.05) is 0 Å². The summed E-state index contributed by atoms with van der Waals surface area (Å²) in [6.07, 6.45) is 2.61. The number of hydrogen-bond donors (Lipinski definition) is 1. The van der Waals surface area contributed by atoms with E-state index in [2.05, 4.69) is 4.99 Å². The summed E-state index contributed by atoms with van der Waals surface area (Å²) in [5.74, 6) is -1.10. The Balaban J connectivity index is 2.24. The van der Waals surface area contributed by atoms with Gasteiger partial charge in [-0.15, -0.1) is 0 Å². The Kier molecular flexibility index (Phi) is 2.11. The lowest BCUT2D eigenvalue weighted by molar-refractivity contribution is 0.0698. The third kappa shape index (κ3) is 1.40. The highest BCUT2D eigenvalue weighted by molar-refractivity contribution is 6.20. The van der Waals surface area contributed by atoms with E-state index in [4.69, 9.17) is 5.11 Å². The molecule has 1 heterocycles. The lowest BCUT2D eigenvalue weighted by Crippen LogP contribution is -2.23. The molecule has 2 aliphatic rings. The minimum atomic E-state index is -1.03. The molecule has 1 aromatic carbocycles. The molecule has 1 fully saturated rings. The van der Waals surface area contributed by atoms with Crippen molar-refractivity contribution in [3.63, 3.8) is 0 Å². The second kappa shape index (κ2) is 3.52. The van der Waals surface area contributed by atoms with Gasteiger partial charge in [-0.3, -0.25) is 9.79 Å². The molecule has 3 rings (SSSR count). The Morgan fingerprint density at radius 1 is 1.41 bits per heavy atom. The summed E-state index contributed by atoms with van der Waals surface area (Å²) in [5.41, 5.74) is 1.78. The van der Waals surface area contributed by atoms with E-state index in [9.17, 15) is 9.59 Å². The summed E-state index contributed by atoms with van der Waals surface area (Å²) in [5, 5.41) is 9.09. The SMILES string of the molecule is O=C(O)c1cccc2c1N=C1CCCC1C2=O. The number of aromatic carboxylic acids is 1. The maximum atomic E-state index is 12.2. The zero-order chi connectivity index (χ0) is 12.0. The lowest BCUT2D eigenvalue weighted by atomic mass is 9.89. The maximum absolute atomic E-state index is 12.2. The number of para-hydroxylation sites is 1. The van der Waals surface area contributed by atoms with Crippen molar-refractivity contribution >= 4 is 23.2 Å². The molecule has 4 nitrogen and oxygen atoms in total. The van der Waals surface area contributed by atoms with Crippen LogP contribution in [0.15, 0.2) is 23.2 Å². The van der Waals surface area contributed by atoms with Crippen LogP contribution in [0.2, 0.25) is 0 Å². The first-order valence-corrected chi connectivity index (χ1v) is 5.66. The molecule has 1 aromatic rings. The van der Waals surface area contributed by atoms with E-state index in [1.165, 1.54) is 6.07 Å². The fourth-order valence-corrected chi connectivity index (χ4v) is 2.61. The number of hydrogen-bond acceptors (Lipinski definition) is 3. The molecule has 1 unspecified atom stereocenters. The number of carbonyl (C=O) groups excluding carboxylic acids is 1. The number of carboxylic acids is 1. The molecule has 0 bridgehead atoms. The Labute approximate surface area is 98.0 Å². The highest BCUT2D eigenvalue weighted by Gasteiger charge is 2.35. The van der Waals surface area contributed by atoms with Crippen LogP contribution in [0, 0.1) is 5.92 Å². The van der Waals surface area contributed by atoms with Crippen molar-refractivity contribution in [2.24, 2.45) is 10.9 Å². The number of fused-ring (bicyclic) bond motifs is 2. The topological polar surface area (TPSA) is 66.7 Å². The van der Waals surface area contributed by atoms with Crippen LogP contribution in [0.5, 0.6) is 0 Å². The predicted octanol–water partition coefficient (Wildman–Crippen LogP) is 2.45. The van der Waals surface area contributed by atoms with Crippen LogP contribution in [-0.2, 0) is 0 Å². The van der Waals surface area contributed by atoms with Gasteiger partial charge in [-0.2, -0.15) is 0 Å². The van der Waals surface area contributed by atoms with Gasteiger partial charge in [0.05, 0.1) is 17.2 Å². The van der Waals surface area contributed by atoms with Gasteiger partial charge in [0.15, 0.2) is 5.78 Å². The highest BCUT2D eigenvalue weighted by atomic mass is 16.4. The first kappa shape index (κ1) is 10.2. The van der Waals surface area contributed by atoms with Crippen LogP contribution in [0.1, 0.15) is 40.0 Å². The molecule has 0 saturated heterocycles. The van der Waals surface area contributed by atoms with Crippen LogP contribution in [0.25, 0.3) is 0 Å². The van der Waals surface area contributed by atoms with Crippen molar-refractivity contribution in [1.82, 2.24) is 0 Å². The summed E-state index contributed by atoms with van der Waals surface area (Å²) in [7, 11) is 0. The quantitative estimate of drug-likeness (QED) is 0.804. The third-order valence-corrected chi connectivity index (χ3v) is 3.43. The smallest absolute Gasteiger partial charge is 0.337 e. The van der Waals surface area contributed by atoms with Gasteiger partial charge >= 0.3 is 5.97 Å². The van der Waals surface area contributed by atoms with E-state index >= 15 is 0 Å². The average molecular weight is 229 g/mol. The molecule has 1 N–H and O–H groups in total. The molecule has 17 heavy (non-hydrogen) atoms. The van der Waals surface area contributed by atoms with E-state index in [0.717, 1.165) is 25.0 Å². The Morgan fingerprint density at radius 3 is 3.00 bits per heavy atom. The second-order valence-electron chi connectivity index (χ2n) is 4.42. The lowest BCUT2D eigenvalue weighted by Gasteiger charge is -2.19. The third-order valence-electron chi connectivity index (χ3n) is 3.43. The van der Waals surface area contributed by atoms with Gasteiger partial charge in [0.1, 0.15) is 0 Å². The molecular formula is C13H11NO3. The zero-order valence-electron chi connectivity index (χ0n) is 9.14. The van der Waals surface area contributed by atoms with Crippen LogP contribution in [-0.4, -0.2) is 22.6 Å².